The van der Waals surface area contributed by atoms with Gasteiger partial charge in [0.05, 0.1) is 18.4 Å². The Balaban J connectivity index is 1.77. The zero-order chi connectivity index (χ0) is 17.2. The standard InChI is InChI=1S/C18H18F2N2O2/c19-18(20)8-6-14(7-9-18)16(23)11-22-12-21-10-15(17(22)24)13-4-2-1-3-5-13/h1-5,10,12,14H,6-9,11H2. The number of halogens is 2. The Morgan fingerprint density at radius 2 is 1.88 bits per heavy atom. The van der Waals surface area contributed by atoms with Gasteiger partial charge in [-0.2, -0.15) is 0 Å². The third-order valence-electron chi connectivity index (χ3n) is 4.48. The number of carbonyl (C=O) groups is 1. The van der Waals surface area contributed by atoms with Gasteiger partial charge in [0.25, 0.3) is 5.56 Å². The van der Waals surface area contributed by atoms with E-state index in [0.29, 0.717) is 5.56 Å². The number of Topliss-reactive ketones (excluding diaryl/α,β-unsaturated/α-hetero) is 1. The van der Waals surface area contributed by atoms with Crippen LogP contribution in [-0.2, 0) is 11.3 Å². The van der Waals surface area contributed by atoms with Crippen LogP contribution in [0.15, 0.2) is 47.7 Å². The molecular formula is C18H18F2N2O2. The third-order valence-corrected chi connectivity index (χ3v) is 4.48. The molecule has 1 aliphatic carbocycles. The molecule has 0 bridgehead atoms. The number of hydrogen-bond donors (Lipinski definition) is 0. The molecule has 24 heavy (non-hydrogen) atoms. The molecule has 1 aromatic heterocycles. The number of aromatic nitrogens is 2. The summed E-state index contributed by atoms with van der Waals surface area (Å²) in [5.74, 6) is -3.25. The van der Waals surface area contributed by atoms with Crippen molar-refractivity contribution >= 4 is 5.78 Å². The van der Waals surface area contributed by atoms with Gasteiger partial charge in [-0.25, -0.2) is 13.8 Å². The minimum absolute atomic E-state index is 0.122. The van der Waals surface area contributed by atoms with Crippen molar-refractivity contribution in [3.63, 3.8) is 0 Å². The number of nitrogens with zero attached hydrogens (tertiary/aromatic N) is 2. The largest absolute Gasteiger partial charge is 0.297 e. The van der Waals surface area contributed by atoms with Gasteiger partial charge < -0.3 is 0 Å². The zero-order valence-electron chi connectivity index (χ0n) is 13.1. The van der Waals surface area contributed by atoms with Crippen LogP contribution in [0.5, 0.6) is 0 Å². The third kappa shape index (κ3) is 3.58. The fraction of sp³-hybridized carbons (Fsp3) is 0.389. The summed E-state index contributed by atoms with van der Waals surface area (Å²) in [6.07, 6.45) is 2.61. The second kappa shape index (κ2) is 6.63. The van der Waals surface area contributed by atoms with Gasteiger partial charge in [0, 0.05) is 25.0 Å². The van der Waals surface area contributed by atoms with Crippen molar-refractivity contribution < 1.29 is 13.6 Å². The first-order chi connectivity index (χ1) is 11.5. The molecule has 0 unspecified atom stereocenters. The monoisotopic (exact) mass is 332 g/mol. The highest BCUT2D eigenvalue weighted by Crippen LogP contribution is 2.36. The van der Waals surface area contributed by atoms with E-state index in [1.165, 1.54) is 17.1 Å². The van der Waals surface area contributed by atoms with Gasteiger partial charge in [0.1, 0.15) is 0 Å². The molecule has 0 spiro atoms. The van der Waals surface area contributed by atoms with Gasteiger partial charge >= 0.3 is 0 Å². The van der Waals surface area contributed by atoms with Crippen LogP contribution in [0.25, 0.3) is 11.1 Å². The number of benzene rings is 1. The molecule has 4 nitrogen and oxygen atoms in total. The van der Waals surface area contributed by atoms with Crippen molar-refractivity contribution in [3.8, 4) is 11.1 Å². The van der Waals surface area contributed by atoms with Crippen LogP contribution in [0, 0.1) is 5.92 Å². The van der Waals surface area contributed by atoms with Crippen molar-refractivity contribution in [1.29, 1.82) is 0 Å². The first kappa shape index (κ1) is 16.5. The second-order valence-corrected chi connectivity index (χ2v) is 6.20. The summed E-state index contributed by atoms with van der Waals surface area (Å²) in [6.45, 7) is -0.122. The van der Waals surface area contributed by atoms with Crippen LogP contribution < -0.4 is 5.56 Å². The Hall–Kier alpha value is -2.37. The van der Waals surface area contributed by atoms with Crippen molar-refractivity contribution in [1.82, 2.24) is 9.55 Å². The summed E-state index contributed by atoms with van der Waals surface area (Å²) in [4.78, 5) is 28.9. The minimum atomic E-state index is -2.66. The molecule has 0 amide bonds. The zero-order valence-corrected chi connectivity index (χ0v) is 13.1. The Labute approximate surface area is 138 Å². The van der Waals surface area contributed by atoms with E-state index in [2.05, 4.69) is 4.98 Å². The van der Waals surface area contributed by atoms with Crippen LogP contribution in [0.4, 0.5) is 8.78 Å². The summed E-state index contributed by atoms with van der Waals surface area (Å²) in [5.41, 5.74) is 0.848. The molecule has 3 rings (SSSR count). The summed E-state index contributed by atoms with van der Waals surface area (Å²) >= 11 is 0. The van der Waals surface area contributed by atoms with Crippen LogP contribution in [-0.4, -0.2) is 21.3 Å². The van der Waals surface area contributed by atoms with Crippen LogP contribution in [0.1, 0.15) is 25.7 Å². The van der Waals surface area contributed by atoms with Gasteiger partial charge in [-0.15, -0.1) is 0 Å². The van der Waals surface area contributed by atoms with Gasteiger partial charge in [0.2, 0.25) is 5.92 Å². The van der Waals surface area contributed by atoms with E-state index in [0.717, 1.165) is 5.56 Å². The van der Waals surface area contributed by atoms with Crippen molar-refractivity contribution in [2.24, 2.45) is 5.92 Å². The van der Waals surface area contributed by atoms with E-state index in [1.54, 1.807) is 12.1 Å². The summed E-state index contributed by atoms with van der Waals surface area (Å²) in [7, 11) is 0. The minimum Gasteiger partial charge on any atom is -0.297 e. The summed E-state index contributed by atoms with van der Waals surface area (Å²) in [5, 5.41) is 0. The highest BCUT2D eigenvalue weighted by molar-refractivity contribution is 5.81. The molecular weight excluding hydrogens is 314 g/mol. The number of alkyl halides is 2. The van der Waals surface area contributed by atoms with Gasteiger partial charge in [-0.05, 0) is 18.4 Å². The van der Waals surface area contributed by atoms with Crippen molar-refractivity contribution in [2.75, 3.05) is 0 Å². The molecule has 1 saturated carbocycles. The van der Waals surface area contributed by atoms with Crippen molar-refractivity contribution in [2.45, 2.75) is 38.2 Å². The maximum atomic E-state index is 13.2. The van der Waals surface area contributed by atoms with E-state index in [-0.39, 0.29) is 43.6 Å². The molecule has 1 heterocycles. The average Bonchev–Trinajstić information content (AvgIpc) is 2.57. The Morgan fingerprint density at radius 3 is 2.54 bits per heavy atom. The quantitative estimate of drug-likeness (QED) is 0.863. The predicted molar refractivity (Wildman–Crippen MR) is 85.8 cm³/mol. The van der Waals surface area contributed by atoms with E-state index in [9.17, 15) is 18.4 Å². The molecule has 0 N–H and O–H groups in total. The fourth-order valence-corrected chi connectivity index (χ4v) is 3.04. The number of hydrogen-bond acceptors (Lipinski definition) is 3. The Bertz CT molecular complexity index is 777. The highest BCUT2D eigenvalue weighted by atomic mass is 19.3. The molecule has 126 valence electrons. The van der Waals surface area contributed by atoms with E-state index in [4.69, 9.17) is 0 Å². The summed E-state index contributed by atoms with van der Waals surface area (Å²) in [6, 6.07) is 9.08. The van der Waals surface area contributed by atoms with Gasteiger partial charge in [-0.1, -0.05) is 30.3 Å². The SMILES string of the molecule is O=C(Cn1cncc(-c2ccccc2)c1=O)C1CCC(F)(F)CC1. The first-order valence-corrected chi connectivity index (χ1v) is 7.97. The van der Waals surface area contributed by atoms with E-state index < -0.39 is 11.8 Å². The normalized spacial score (nSPS) is 17.6. The number of rotatable bonds is 4. The maximum absolute atomic E-state index is 13.2. The molecule has 0 aliphatic heterocycles. The lowest BCUT2D eigenvalue weighted by atomic mass is 9.84. The molecule has 0 radical (unpaired) electrons. The lowest BCUT2D eigenvalue weighted by Crippen LogP contribution is -2.33. The van der Waals surface area contributed by atoms with E-state index in [1.807, 2.05) is 18.2 Å². The molecule has 6 heteroatoms. The lowest BCUT2D eigenvalue weighted by Gasteiger charge is -2.27. The number of carbonyl (C=O) groups excluding carboxylic acids is 1. The Kier molecular flexibility index (Phi) is 4.55. The van der Waals surface area contributed by atoms with E-state index >= 15 is 0 Å². The highest BCUT2D eigenvalue weighted by Gasteiger charge is 2.37. The molecule has 1 aliphatic rings. The molecule has 0 atom stereocenters. The van der Waals surface area contributed by atoms with Gasteiger partial charge in [-0.3, -0.25) is 14.2 Å². The Morgan fingerprint density at radius 1 is 1.21 bits per heavy atom. The maximum Gasteiger partial charge on any atom is 0.261 e. The molecule has 1 aromatic carbocycles. The topological polar surface area (TPSA) is 52.0 Å². The fourth-order valence-electron chi connectivity index (χ4n) is 3.04. The smallest absolute Gasteiger partial charge is 0.261 e. The summed E-state index contributed by atoms with van der Waals surface area (Å²) < 4.78 is 27.7. The number of ketones is 1. The van der Waals surface area contributed by atoms with Crippen molar-refractivity contribution in [3.05, 3.63) is 53.2 Å². The lowest BCUT2D eigenvalue weighted by molar-refractivity contribution is -0.127. The van der Waals surface area contributed by atoms with Gasteiger partial charge in [0.15, 0.2) is 5.78 Å². The average molecular weight is 332 g/mol. The molecule has 1 fully saturated rings. The van der Waals surface area contributed by atoms with Crippen LogP contribution in [0.3, 0.4) is 0 Å². The van der Waals surface area contributed by atoms with Crippen LogP contribution >= 0.6 is 0 Å². The second-order valence-electron chi connectivity index (χ2n) is 6.20. The molecule has 0 saturated heterocycles. The van der Waals surface area contributed by atoms with Crippen LogP contribution in [0.2, 0.25) is 0 Å². The first-order valence-electron chi connectivity index (χ1n) is 7.97. The molecule has 2 aromatic rings. The predicted octanol–water partition coefficient (Wildman–Crippen LogP) is 3.30.